The lowest BCUT2D eigenvalue weighted by Gasteiger charge is -2.32. The standard InChI is InChI=1S/C22H25Cl3N2O2/c1-14(21(29)26-22(2,3)4)27(13-17-18(24)6-5-7-19(17)25)20(28)12-15-8-10-16(23)11-9-15/h5-11,14H,12-13H2,1-4H3,(H,26,29)/t14-/m1/s1. The normalized spacial score (nSPS) is 12.4. The summed E-state index contributed by atoms with van der Waals surface area (Å²) in [6, 6.07) is 11.5. The van der Waals surface area contributed by atoms with Crippen LogP contribution in [-0.4, -0.2) is 28.3 Å². The Morgan fingerprint density at radius 3 is 2.07 bits per heavy atom. The van der Waals surface area contributed by atoms with E-state index in [2.05, 4.69) is 5.32 Å². The lowest BCUT2D eigenvalue weighted by Crippen LogP contribution is -2.52. The molecule has 0 heterocycles. The number of hydrogen-bond acceptors (Lipinski definition) is 2. The minimum atomic E-state index is -0.707. The molecule has 0 aliphatic carbocycles. The predicted molar refractivity (Wildman–Crippen MR) is 120 cm³/mol. The number of halogens is 3. The van der Waals surface area contributed by atoms with Crippen LogP contribution < -0.4 is 5.32 Å². The Labute approximate surface area is 187 Å². The van der Waals surface area contributed by atoms with Gasteiger partial charge in [-0.1, -0.05) is 53.0 Å². The molecule has 0 aromatic heterocycles. The number of carbonyl (C=O) groups excluding carboxylic acids is 2. The lowest BCUT2D eigenvalue weighted by molar-refractivity contribution is -0.140. The Bertz CT molecular complexity index is 856. The Hall–Kier alpha value is -1.75. The molecule has 2 aromatic rings. The van der Waals surface area contributed by atoms with Crippen LogP contribution in [0, 0.1) is 0 Å². The summed E-state index contributed by atoms with van der Waals surface area (Å²) in [7, 11) is 0. The summed E-state index contributed by atoms with van der Waals surface area (Å²) >= 11 is 18.5. The van der Waals surface area contributed by atoms with Gasteiger partial charge in [0.1, 0.15) is 6.04 Å². The van der Waals surface area contributed by atoms with E-state index in [-0.39, 0.29) is 24.8 Å². The molecule has 0 aliphatic heterocycles. The number of benzene rings is 2. The maximum Gasteiger partial charge on any atom is 0.242 e. The van der Waals surface area contributed by atoms with E-state index in [0.29, 0.717) is 20.6 Å². The second kappa shape index (κ2) is 9.84. The second-order valence-electron chi connectivity index (χ2n) is 7.94. The van der Waals surface area contributed by atoms with Crippen LogP contribution in [0.5, 0.6) is 0 Å². The lowest BCUT2D eigenvalue weighted by atomic mass is 10.1. The summed E-state index contributed by atoms with van der Waals surface area (Å²) in [5.74, 6) is -0.454. The van der Waals surface area contributed by atoms with Crippen molar-refractivity contribution >= 4 is 46.6 Å². The van der Waals surface area contributed by atoms with E-state index in [1.54, 1.807) is 49.4 Å². The number of hydrogen-bond donors (Lipinski definition) is 1. The summed E-state index contributed by atoms with van der Waals surface area (Å²) < 4.78 is 0. The van der Waals surface area contributed by atoms with Crippen molar-refractivity contribution < 1.29 is 9.59 Å². The van der Waals surface area contributed by atoms with E-state index < -0.39 is 11.6 Å². The van der Waals surface area contributed by atoms with E-state index >= 15 is 0 Å². The molecule has 0 spiro atoms. The van der Waals surface area contributed by atoms with Crippen molar-refractivity contribution in [1.29, 1.82) is 0 Å². The summed E-state index contributed by atoms with van der Waals surface area (Å²) in [6.45, 7) is 7.50. The smallest absolute Gasteiger partial charge is 0.242 e. The molecule has 2 rings (SSSR count). The van der Waals surface area contributed by atoms with Gasteiger partial charge >= 0.3 is 0 Å². The first kappa shape index (κ1) is 23.5. The maximum absolute atomic E-state index is 13.2. The maximum atomic E-state index is 13.2. The molecule has 2 aromatic carbocycles. The molecule has 0 unspecified atom stereocenters. The molecule has 1 N–H and O–H groups in total. The van der Waals surface area contributed by atoms with Gasteiger partial charge in [-0.15, -0.1) is 0 Å². The van der Waals surface area contributed by atoms with Crippen molar-refractivity contribution in [3.8, 4) is 0 Å². The number of nitrogens with zero attached hydrogens (tertiary/aromatic N) is 1. The molecule has 1 atom stereocenters. The van der Waals surface area contributed by atoms with E-state index in [1.807, 2.05) is 20.8 Å². The van der Waals surface area contributed by atoms with Crippen LogP contribution in [0.1, 0.15) is 38.8 Å². The highest BCUT2D eigenvalue weighted by atomic mass is 35.5. The largest absolute Gasteiger partial charge is 0.350 e. The zero-order valence-electron chi connectivity index (χ0n) is 16.9. The molecule has 0 fully saturated rings. The first-order valence-corrected chi connectivity index (χ1v) is 10.4. The van der Waals surface area contributed by atoms with Gasteiger partial charge < -0.3 is 10.2 Å². The van der Waals surface area contributed by atoms with Gasteiger partial charge in [-0.2, -0.15) is 0 Å². The Morgan fingerprint density at radius 1 is 1.00 bits per heavy atom. The van der Waals surface area contributed by atoms with Gasteiger partial charge in [0.2, 0.25) is 11.8 Å². The monoisotopic (exact) mass is 454 g/mol. The third-order valence-electron chi connectivity index (χ3n) is 4.32. The van der Waals surface area contributed by atoms with Gasteiger partial charge in [0.05, 0.1) is 6.42 Å². The van der Waals surface area contributed by atoms with Crippen molar-refractivity contribution in [3.63, 3.8) is 0 Å². The van der Waals surface area contributed by atoms with Crippen LogP contribution >= 0.6 is 34.8 Å². The molecular formula is C22H25Cl3N2O2. The van der Waals surface area contributed by atoms with Crippen LogP contribution in [0.3, 0.4) is 0 Å². The van der Waals surface area contributed by atoms with Crippen molar-refractivity contribution in [1.82, 2.24) is 10.2 Å². The van der Waals surface area contributed by atoms with Gasteiger partial charge in [-0.25, -0.2) is 0 Å². The van der Waals surface area contributed by atoms with Crippen molar-refractivity contribution in [2.24, 2.45) is 0 Å². The van der Waals surface area contributed by atoms with Gasteiger partial charge in [-0.3, -0.25) is 9.59 Å². The minimum absolute atomic E-state index is 0.129. The quantitative estimate of drug-likeness (QED) is 0.623. The van der Waals surface area contributed by atoms with Gasteiger partial charge in [0.15, 0.2) is 0 Å². The molecule has 0 radical (unpaired) electrons. The fourth-order valence-electron chi connectivity index (χ4n) is 2.79. The highest BCUT2D eigenvalue weighted by Crippen LogP contribution is 2.27. The van der Waals surface area contributed by atoms with Crippen LogP contribution in [-0.2, 0) is 22.6 Å². The summed E-state index contributed by atoms with van der Waals surface area (Å²) in [4.78, 5) is 27.4. The number of nitrogens with one attached hydrogen (secondary N) is 1. The summed E-state index contributed by atoms with van der Waals surface area (Å²) in [5.41, 5.74) is 0.993. The average molecular weight is 456 g/mol. The fourth-order valence-corrected chi connectivity index (χ4v) is 3.43. The zero-order chi connectivity index (χ0) is 21.8. The molecule has 29 heavy (non-hydrogen) atoms. The Kier molecular flexibility index (Phi) is 7.98. The highest BCUT2D eigenvalue weighted by molar-refractivity contribution is 6.36. The van der Waals surface area contributed by atoms with Crippen molar-refractivity contribution in [2.75, 3.05) is 0 Å². The minimum Gasteiger partial charge on any atom is -0.350 e. The van der Waals surface area contributed by atoms with Crippen LogP contribution in [0.25, 0.3) is 0 Å². The van der Waals surface area contributed by atoms with E-state index in [4.69, 9.17) is 34.8 Å². The number of carbonyl (C=O) groups is 2. The third-order valence-corrected chi connectivity index (χ3v) is 5.28. The molecule has 0 bridgehead atoms. The van der Waals surface area contributed by atoms with Crippen LogP contribution in [0.2, 0.25) is 15.1 Å². The van der Waals surface area contributed by atoms with E-state index in [0.717, 1.165) is 5.56 Å². The van der Waals surface area contributed by atoms with Crippen molar-refractivity contribution in [3.05, 3.63) is 68.7 Å². The average Bonchev–Trinajstić information content (AvgIpc) is 2.61. The van der Waals surface area contributed by atoms with E-state index in [1.165, 1.54) is 4.90 Å². The SMILES string of the molecule is C[C@H](C(=O)NC(C)(C)C)N(Cc1c(Cl)cccc1Cl)C(=O)Cc1ccc(Cl)cc1. The Balaban J connectivity index is 2.32. The first-order chi connectivity index (χ1) is 13.5. The van der Waals surface area contributed by atoms with Gasteiger partial charge in [0.25, 0.3) is 0 Å². The zero-order valence-corrected chi connectivity index (χ0v) is 19.2. The highest BCUT2D eigenvalue weighted by Gasteiger charge is 2.29. The fraction of sp³-hybridized carbons (Fsp3) is 0.364. The summed E-state index contributed by atoms with van der Waals surface area (Å²) in [6.07, 6.45) is 0.131. The van der Waals surface area contributed by atoms with Crippen LogP contribution in [0.4, 0.5) is 0 Å². The topological polar surface area (TPSA) is 49.4 Å². The first-order valence-electron chi connectivity index (χ1n) is 9.27. The number of rotatable bonds is 6. The van der Waals surface area contributed by atoms with Crippen LogP contribution in [0.15, 0.2) is 42.5 Å². The Morgan fingerprint density at radius 2 is 1.55 bits per heavy atom. The summed E-state index contributed by atoms with van der Waals surface area (Å²) in [5, 5.41) is 4.42. The van der Waals surface area contributed by atoms with Gasteiger partial charge in [-0.05, 0) is 57.5 Å². The molecule has 156 valence electrons. The molecule has 0 saturated carbocycles. The van der Waals surface area contributed by atoms with E-state index in [9.17, 15) is 9.59 Å². The van der Waals surface area contributed by atoms with Gasteiger partial charge in [0, 0.05) is 32.7 Å². The molecule has 7 heteroatoms. The molecule has 2 amide bonds. The molecular weight excluding hydrogens is 431 g/mol. The molecule has 0 aliphatic rings. The van der Waals surface area contributed by atoms with Crippen molar-refractivity contribution in [2.45, 2.75) is 52.2 Å². The second-order valence-corrected chi connectivity index (χ2v) is 9.19. The third kappa shape index (κ3) is 6.91. The number of amides is 2. The molecule has 4 nitrogen and oxygen atoms in total. The molecule has 0 saturated heterocycles. The predicted octanol–water partition coefficient (Wildman–Crippen LogP) is 5.52.